The quantitative estimate of drug-likeness (QED) is 0.661. The van der Waals surface area contributed by atoms with Gasteiger partial charge in [-0.25, -0.2) is 0 Å². The van der Waals surface area contributed by atoms with Crippen LogP contribution in [0.3, 0.4) is 0 Å². The molecule has 4 rings (SSSR count). The maximum Gasteiger partial charge on any atom is 0.156 e. The molecule has 7 atom stereocenters. The number of hydrogen-bond donors (Lipinski definition) is 1. The van der Waals surface area contributed by atoms with E-state index in [-0.39, 0.29) is 5.41 Å². The van der Waals surface area contributed by atoms with E-state index in [4.69, 9.17) is 0 Å². The monoisotopic (exact) mass is 301 g/mol. The van der Waals surface area contributed by atoms with Crippen LogP contribution >= 0.6 is 0 Å². The van der Waals surface area contributed by atoms with Crippen molar-refractivity contribution >= 4 is 0 Å². The zero-order valence-corrected chi connectivity index (χ0v) is 14.3. The molecule has 0 heterocycles. The van der Waals surface area contributed by atoms with Gasteiger partial charge in [-0.15, -0.1) is 0 Å². The third-order valence-electron chi connectivity index (χ3n) is 8.92. The molecule has 0 bridgehead atoms. The average Bonchev–Trinajstić information content (AvgIpc) is 2.79. The van der Waals surface area contributed by atoms with E-state index in [1.807, 2.05) is 0 Å². The topological polar surface area (TPSA) is 44.0 Å². The largest absolute Gasteiger partial charge is 0.375 e. The lowest BCUT2D eigenvalue weighted by Crippen LogP contribution is -2.55. The van der Waals surface area contributed by atoms with Gasteiger partial charge in [0, 0.05) is 5.41 Å². The predicted molar refractivity (Wildman–Crippen MR) is 86.9 cm³/mol. The standard InChI is InChI=1S/C20H31NO/c1-18-10-4-3-5-14(18)6-7-15-16(18)8-11-19(2)17(15)9-12-20(19,22)13-21/h14-17,22H,3-12H2,1-2H3/t14-,15?,16?,17?,18+,19+,20+/m1/s1. The van der Waals surface area contributed by atoms with Gasteiger partial charge in [0.25, 0.3) is 0 Å². The van der Waals surface area contributed by atoms with Crippen LogP contribution in [-0.2, 0) is 0 Å². The van der Waals surface area contributed by atoms with E-state index >= 15 is 0 Å². The number of nitriles is 1. The second-order valence-electron chi connectivity index (χ2n) is 9.37. The van der Waals surface area contributed by atoms with Gasteiger partial charge in [0.1, 0.15) is 0 Å². The Morgan fingerprint density at radius 2 is 1.68 bits per heavy atom. The lowest BCUT2D eigenvalue weighted by Gasteiger charge is -2.60. The molecule has 4 aliphatic carbocycles. The summed E-state index contributed by atoms with van der Waals surface area (Å²) in [6.07, 6.45) is 12.6. The van der Waals surface area contributed by atoms with Gasteiger partial charge in [-0.3, -0.25) is 0 Å². The van der Waals surface area contributed by atoms with Crippen molar-refractivity contribution in [2.45, 2.75) is 83.7 Å². The Hall–Kier alpha value is -0.550. The third kappa shape index (κ3) is 1.70. The lowest BCUT2D eigenvalue weighted by atomic mass is 9.44. The van der Waals surface area contributed by atoms with Crippen LogP contribution in [0.5, 0.6) is 0 Å². The van der Waals surface area contributed by atoms with E-state index in [1.165, 1.54) is 44.9 Å². The molecule has 0 aromatic rings. The smallest absolute Gasteiger partial charge is 0.156 e. The van der Waals surface area contributed by atoms with Crippen molar-refractivity contribution in [3.05, 3.63) is 0 Å². The van der Waals surface area contributed by atoms with E-state index < -0.39 is 5.60 Å². The molecule has 0 radical (unpaired) electrons. The summed E-state index contributed by atoms with van der Waals surface area (Å²) in [6, 6.07) is 2.30. The molecule has 4 saturated carbocycles. The first kappa shape index (κ1) is 15.0. The Morgan fingerprint density at radius 3 is 2.45 bits per heavy atom. The molecule has 4 fully saturated rings. The number of nitrogens with zero attached hydrogens (tertiary/aromatic N) is 1. The fourth-order valence-corrected chi connectivity index (χ4v) is 7.49. The molecule has 2 nitrogen and oxygen atoms in total. The van der Waals surface area contributed by atoms with E-state index in [2.05, 4.69) is 19.9 Å². The molecule has 0 amide bonds. The summed E-state index contributed by atoms with van der Waals surface area (Å²) in [4.78, 5) is 0. The van der Waals surface area contributed by atoms with Crippen molar-refractivity contribution in [3.8, 4) is 6.07 Å². The summed E-state index contributed by atoms with van der Waals surface area (Å²) >= 11 is 0. The molecule has 2 heteroatoms. The van der Waals surface area contributed by atoms with E-state index in [1.54, 1.807) is 0 Å². The van der Waals surface area contributed by atoms with Gasteiger partial charge in [0.05, 0.1) is 6.07 Å². The van der Waals surface area contributed by atoms with Gasteiger partial charge < -0.3 is 5.11 Å². The maximum atomic E-state index is 10.9. The molecule has 0 aliphatic heterocycles. The SMILES string of the molecule is C[C@]12CCC3C(CC[C@H]4CCCC[C@]34C)C1CC[C@]2(O)C#N. The minimum absolute atomic E-state index is 0.152. The Balaban J connectivity index is 1.67. The highest BCUT2D eigenvalue weighted by atomic mass is 16.3. The molecule has 4 aliphatic rings. The number of fused-ring (bicyclic) bond motifs is 5. The summed E-state index contributed by atoms with van der Waals surface area (Å²) in [5, 5.41) is 20.4. The van der Waals surface area contributed by atoms with Crippen LogP contribution in [0.4, 0.5) is 0 Å². The Kier molecular flexibility index (Phi) is 3.22. The molecule has 3 unspecified atom stereocenters. The number of rotatable bonds is 0. The third-order valence-corrected chi connectivity index (χ3v) is 8.92. The van der Waals surface area contributed by atoms with Gasteiger partial charge >= 0.3 is 0 Å². The second-order valence-corrected chi connectivity index (χ2v) is 9.37. The van der Waals surface area contributed by atoms with Crippen LogP contribution < -0.4 is 0 Å². The summed E-state index contributed by atoms with van der Waals surface area (Å²) in [7, 11) is 0. The van der Waals surface area contributed by atoms with Gasteiger partial charge in [-0.1, -0.05) is 26.7 Å². The zero-order valence-electron chi connectivity index (χ0n) is 14.3. The van der Waals surface area contributed by atoms with Crippen molar-refractivity contribution in [2.24, 2.45) is 34.5 Å². The maximum absolute atomic E-state index is 10.9. The van der Waals surface area contributed by atoms with Crippen molar-refractivity contribution in [1.82, 2.24) is 0 Å². The molecule has 1 N–H and O–H groups in total. The molecule has 0 saturated heterocycles. The predicted octanol–water partition coefficient (Wildman–Crippen LogP) is 4.67. The van der Waals surface area contributed by atoms with Gasteiger partial charge in [-0.2, -0.15) is 5.26 Å². The normalized spacial score (nSPS) is 57.4. The van der Waals surface area contributed by atoms with Gasteiger partial charge in [0.15, 0.2) is 5.60 Å². The summed E-state index contributed by atoms with van der Waals surface area (Å²) in [5.74, 6) is 3.14. The molecule has 0 spiro atoms. The first-order valence-corrected chi connectivity index (χ1v) is 9.58. The number of hydrogen-bond acceptors (Lipinski definition) is 2. The summed E-state index contributed by atoms with van der Waals surface area (Å²) in [5.41, 5.74) is -0.663. The second kappa shape index (κ2) is 4.73. The van der Waals surface area contributed by atoms with Crippen LogP contribution in [0.25, 0.3) is 0 Å². The molecule has 122 valence electrons. The lowest BCUT2D eigenvalue weighted by molar-refractivity contribution is -0.135. The minimum Gasteiger partial charge on any atom is -0.375 e. The Labute approximate surface area is 135 Å². The fraction of sp³-hybridized carbons (Fsp3) is 0.950. The molecular formula is C20H31NO. The highest BCUT2D eigenvalue weighted by Gasteiger charge is 2.64. The van der Waals surface area contributed by atoms with E-state index in [9.17, 15) is 10.4 Å². The van der Waals surface area contributed by atoms with Crippen molar-refractivity contribution in [3.63, 3.8) is 0 Å². The van der Waals surface area contributed by atoms with Crippen molar-refractivity contribution in [2.75, 3.05) is 0 Å². The Bertz CT molecular complexity index is 510. The van der Waals surface area contributed by atoms with Crippen LogP contribution in [-0.4, -0.2) is 10.7 Å². The van der Waals surface area contributed by atoms with Crippen molar-refractivity contribution in [1.29, 1.82) is 5.26 Å². The number of aliphatic hydroxyl groups is 1. The van der Waals surface area contributed by atoms with E-state index in [0.29, 0.717) is 17.8 Å². The molecule has 0 aromatic heterocycles. The van der Waals surface area contributed by atoms with Crippen LogP contribution in [0.1, 0.15) is 78.1 Å². The van der Waals surface area contributed by atoms with Gasteiger partial charge in [0.2, 0.25) is 0 Å². The highest BCUT2D eigenvalue weighted by Crippen LogP contribution is 2.68. The Morgan fingerprint density at radius 1 is 0.909 bits per heavy atom. The minimum atomic E-state index is -1.06. The first-order chi connectivity index (χ1) is 10.4. The highest BCUT2D eigenvalue weighted by molar-refractivity contribution is 5.20. The van der Waals surface area contributed by atoms with E-state index in [0.717, 1.165) is 30.6 Å². The van der Waals surface area contributed by atoms with Crippen LogP contribution in [0, 0.1) is 45.8 Å². The van der Waals surface area contributed by atoms with Gasteiger partial charge in [-0.05, 0) is 80.5 Å². The van der Waals surface area contributed by atoms with Crippen molar-refractivity contribution < 1.29 is 5.11 Å². The molecule has 22 heavy (non-hydrogen) atoms. The average molecular weight is 301 g/mol. The summed E-state index contributed by atoms with van der Waals surface area (Å²) in [6.45, 7) is 4.81. The summed E-state index contributed by atoms with van der Waals surface area (Å²) < 4.78 is 0. The van der Waals surface area contributed by atoms with Crippen LogP contribution in [0.2, 0.25) is 0 Å². The molecule has 0 aromatic carbocycles. The zero-order chi connectivity index (χ0) is 15.6. The fourth-order valence-electron chi connectivity index (χ4n) is 7.49. The molecular weight excluding hydrogens is 270 g/mol. The van der Waals surface area contributed by atoms with Crippen LogP contribution in [0.15, 0.2) is 0 Å². The first-order valence-electron chi connectivity index (χ1n) is 9.58.